The molecule has 0 bridgehead atoms. The molecule has 0 aromatic heterocycles. The Kier molecular flexibility index (Phi) is 44.5. The fourth-order valence-corrected chi connectivity index (χ4v) is 7.29. The van der Waals surface area contributed by atoms with Gasteiger partial charge in [0.2, 0.25) is 0 Å². The number of rotatable bonds is 46. The Labute approximate surface area is 388 Å². The van der Waals surface area contributed by atoms with E-state index < -0.39 is 13.9 Å². The molecular formula is C54H97NO7P+. The lowest BCUT2D eigenvalue weighted by molar-refractivity contribution is -0.870. The number of ether oxygens (including phenoxy) is 2. The number of quaternary nitrogens is 1. The van der Waals surface area contributed by atoms with Gasteiger partial charge in [-0.25, -0.2) is 4.57 Å². The predicted octanol–water partition coefficient (Wildman–Crippen LogP) is 15.6. The summed E-state index contributed by atoms with van der Waals surface area (Å²) >= 11 is 0. The van der Waals surface area contributed by atoms with Gasteiger partial charge in [-0.2, -0.15) is 0 Å². The number of nitrogens with zero attached hydrogens (tertiary/aromatic N) is 1. The van der Waals surface area contributed by atoms with Gasteiger partial charge in [0, 0.05) is 13.0 Å². The normalized spacial score (nSPS) is 14.3. The van der Waals surface area contributed by atoms with E-state index in [4.69, 9.17) is 18.5 Å². The molecule has 63 heavy (non-hydrogen) atoms. The van der Waals surface area contributed by atoms with Crippen molar-refractivity contribution >= 4 is 13.8 Å². The van der Waals surface area contributed by atoms with Crippen LogP contribution in [-0.2, 0) is 27.9 Å². The highest BCUT2D eigenvalue weighted by atomic mass is 31.2. The van der Waals surface area contributed by atoms with Gasteiger partial charge in [0.25, 0.3) is 0 Å². The molecule has 0 aliphatic carbocycles. The number of hydrogen-bond acceptors (Lipinski definition) is 6. The Hall–Kier alpha value is -2.32. The van der Waals surface area contributed by atoms with Crippen molar-refractivity contribution in [3.63, 3.8) is 0 Å². The van der Waals surface area contributed by atoms with Crippen LogP contribution >= 0.6 is 7.82 Å². The van der Waals surface area contributed by atoms with E-state index in [0.29, 0.717) is 24.1 Å². The molecule has 0 fully saturated rings. The fraction of sp³-hybridized carbons (Fsp3) is 0.722. The van der Waals surface area contributed by atoms with Gasteiger partial charge in [0.15, 0.2) is 0 Å². The van der Waals surface area contributed by atoms with E-state index in [9.17, 15) is 14.3 Å². The SMILES string of the molecule is CC/C=C\C/C=C\C/C=C\C/C=C\CCCCCCCOCC(COP(=O)(O)OCC[N+](C)(C)C)OC(=O)CCCCCCCCCC/C=C\C/C=C\C/C=C\CCCCCCC. The third-order valence-corrected chi connectivity index (χ3v) is 11.4. The summed E-state index contributed by atoms with van der Waals surface area (Å²) in [5.41, 5.74) is 0. The van der Waals surface area contributed by atoms with E-state index in [1.165, 1.54) is 83.5 Å². The summed E-state index contributed by atoms with van der Waals surface area (Å²) in [6.45, 7) is 5.43. The van der Waals surface area contributed by atoms with Crippen molar-refractivity contribution in [1.29, 1.82) is 0 Å². The third-order valence-electron chi connectivity index (χ3n) is 10.4. The van der Waals surface area contributed by atoms with E-state index in [-0.39, 0.29) is 25.8 Å². The van der Waals surface area contributed by atoms with Crippen molar-refractivity contribution in [2.75, 3.05) is 54.1 Å². The predicted molar refractivity (Wildman–Crippen MR) is 270 cm³/mol. The van der Waals surface area contributed by atoms with Gasteiger partial charge in [-0.1, -0.05) is 182 Å². The number of carbonyl (C=O) groups is 1. The maximum absolute atomic E-state index is 12.8. The monoisotopic (exact) mass is 903 g/mol. The van der Waals surface area contributed by atoms with Crippen LogP contribution in [0.3, 0.4) is 0 Å². The van der Waals surface area contributed by atoms with Crippen molar-refractivity contribution in [3.05, 3.63) is 85.1 Å². The van der Waals surface area contributed by atoms with Crippen molar-refractivity contribution in [2.24, 2.45) is 0 Å². The molecule has 364 valence electrons. The summed E-state index contributed by atoms with van der Waals surface area (Å²) in [7, 11) is 1.64. The van der Waals surface area contributed by atoms with Crippen LogP contribution in [0.2, 0.25) is 0 Å². The number of unbranched alkanes of at least 4 members (excludes halogenated alkanes) is 18. The van der Waals surface area contributed by atoms with E-state index in [1.807, 2.05) is 21.1 Å². The van der Waals surface area contributed by atoms with Gasteiger partial charge in [-0.3, -0.25) is 13.8 Å². The first kappa shape index (κ1) is 60.7. The highest BCUT2D eigenvalue weighted by molar-refractivity contribution is 7.47. The molecule has 2 unspecified atom stereocenters. The molecule has 0 aliphatic heterocycles. The molecule has 0 spiro atoms. The minimum absolute atomic E-state index is 0.0784. The molecule has 0 aromatic carbocycles. The van der Waals surface area contributed by atoms with Crippen LogP contribution in [0.4, 0.5) is 0 Å². The minimum Gasteiger partial charge on any atom is -0.457 e. The molecule has 9 heteroatoms. The van der Waals surface area contributed by atoms with Crippen LogP contribution in [0.1, 0.15) is 194 Å². The molecular weight excluding hydrogens is 806 g/mol. The zero-order chi connectivity index (χ0) is 46.2. The van der Waals surface area contributed by atoms with Gasteiger partial charge < -0.3 is 18.9 Å². The minimum atomic E-state index is -4.29. The standard InChI is InChI=1S/C54H96NO7P/c1-6-8-10-12-14-16-18-20-22-24-26-27-28-29-30-31-33-35-37-39-41-43-45-47-54(56)62-53(52-61-63(57,58)60-50-48-55(3,4)5)51-59-49-46-44-42-40-38-36-34-32-25-23-21-19-17-15-13-11-9-7-2/h9,11,15,17-18,20-21,23-24,26,28-29,32,34,53H,6-8,10,12-14,16,19,22,25,27,30-31,33,35-52H2,1-5H3/p+1/b11-9-,17-15-,20-18-,23-21-,26-24-,29-28-,34-32-. The zero-order valence-corrected chi connectivity index (χ0v) is 42.2. The van der Waals surface area contributed by atoms with Gasteiger partial charge in [-0.15, -0.1) is 0 Å². The highest BCUT2D eigenvalue weighted by Gasteiger charge is 2.26. The molecule has 0 rings (SSSR count). The molecule has 0 aliphatic rings. The summed E-state index contributed by atoms with van der Waals surface area (Å²) in [6, 6.07) is 0. The average molecular weight is 903 g/mol. The lowest BCUT2D eigenvalue weighted by atomic mass is 10.1. The lowest BCUT2D eigenvalue weighted by Crippen LogP contribution is -2.37. The second kappa shape index (κ2) is 46.2. The lowest BCUT2D eigenvalue weighted by Gasteiger charge is -2.24. The van der Waals surface area contributed by atoms with E-state index in [1.54, 1.807) is 0 Å². The molecule has 0 saturated heterocycles. The summed E-state index contributed by atoms with van der Waals surface area (Å²) in [5.74, 6) is -0.331. The average Bonchev–Trinajstić information content (AvgIpc) is 3.24. The number of carbonyl (C=O) groups excluding carboxylic acids is 1. The molecule has 1 N–H and O–H groups in total. The Morgan fingerprint density at radius 3 is 1.38 bits per heavy atom. The third kappa shape index (κ3) is 50.5. The Balaban J connectivity index is 4.22. The molecule has 0 amide bonds. The van der Waals surface area contributed by atoms with Crippen LogP contribution in [0.15, 0.2) is 85.1 Å². The number of phosphoric ester groups is 1. The van der Waals surface area contributed by atoms with Gasteiger partial charge in [-0.05, 0) is 89.9 Å². The molecule has 0 heterocycles. The summed E-state index contributed by atoms with van der Waals surface area (Å²) in [6.07, 6.45) is 62.0. The van der Waals surface area contributed by atoms with E-state index >= 15 is 0 Å². The second-order valence-corrected chi connectivity index (χ2v) is 19.3. The van der Waals surface area contributed by atoms with Crippen molar-refractivity contribution < 1.29 is 37.3 Å². The van der Waals surface area contributed by atoms with E-state index in [0.717, 1.165) is 89.9 Å². The van der Waals surface area contributed by atoms with Crippen molar-refractivity contribution in [3.8, 4) is 0 Å². The molecule has 0 saturated carbocycles. The van der Waals surface area contributed by atoms with Crippen LogP contribution < -0.4 is 0 Å². The Morgan fingerprint density at radius 2 is 0.921 bits per heavy atom. The quantitative estimate of drug-likeness (QED) is 0.0214. The summed E-state index contributed by atoms with van der Waals surface area (Å²) in [4.78, 5) is 23.0. The summed E-state index contributed by atoms with van der Waals surface area (Å²) < 4.78 is 35.1. The fourth-order valence-electron chi connectivity index (χ4n) is 6.55. The van der Waals surface area contributed by atoms with Crippen LogP contribution in [0, 0.1) is 0 Å². The number of esters is 1. The maximum Gasteiger partial charge on any atom is 0.472 e. The second-order valence-electron chi connectivity index (χ2n) is 17.8. The van der Waals surface area contributed by atoms with Crippen LogP contribution in [-0.4, -0.2) is 75.6 Å². The van der Waals surface area contributed by atoms with E-state index in [2.05, 4.69) is 98.9 Å². The number of likely N-dealkylation sites (N-methyl/N-ethyl adjacent to an activating group) is 1. The highest BCUT2D eigenvalue weighted by Crippen LogP contribution is 2.43. The Bertz CT molecular complexity index is 1280. The van der Waals surface area contributed by atoms with Crippen LogP contribution in [0.5, 0.6) is 0 Å². The first-order chi connectivity index (χ1) is 30.6. The zero-order valence-electron chi connectivity index (χ0n) is 41.3. The first-order valence-electron chi connectivity index (χ1n) is 25.3. The first-order valence-corrected chi connectivity index (χ1v) is 26.8. The summed E-state index contributed by atoms with van der Waals surface area (Å²) in [5, 5.41) is 0. The van der Waals surface area contributed by atoms with Crippen molar-refractivity contribution in [1.82, 2.24) is 0 Å². The van der Waals surface area contributed by atoms with Gasteiger partial charge in [0.1, 0.15) is 19.3 Å². The smallest absolute Gasteiger partial charge is 0.457 e. The van der Waals surface area contributed by atoms with Crippen molar-refractivity contribution in [2.45, 2.75) is 200 Å². The van der Waals surface area contributed by atoms with Crippen LogP contribution in [0.25, 0.3) is 0 Å². The van der Waals surface area contributed by atoms with Gasteiger partial charge in [0.05, 0.1) is 34.4 Å². The maximum atomic E-state index is 12.8. The molecule has 0 aromatic rings. The molecule has 2 atom stereocenters. The largest absolute Gasteiger partial charge is 0.472 e. The number of hydrogen-bond donors (Lipinski definition) is 1. The topological polar surface area (TPSA) is 91.3 Å². The number of phosphoric acid groups is 1. The Morgan fingerprint density at radius 1 is 0.508 bits per heavy atom. The molecule has 8 nitrogen and oxygen atoms in total. The number of allylic oxidation sites excluding steroid dienone is 14. The molecule has 0 radical (unpaired) electrons. The van der Waals surface area contributed by atoms with Gasteiger partial charge >= 0.3 is 13.8 Å².